The van der Waals surface area contributed by atoms with Gasteiger partial charge in [-0.25, -0.2) is 0 Å². The van der Waals surface area contributed by atoms with Crippen LogP contribution in [0.15, 0.2) is 12.1 Å². The SMILES string of the molecule is CCCc1[c-]ccc(CCC)c1O.[Y]. The molecule has 0 aliphatic carbocycles. The predicted molar refractivity (Wildman–Crippen MR) is 54.9 cm³/mol. The summed E-state index contributed by atoms with van der Waals surface area (Å²) in [6.07, 6.45) is 4.00. The first-order valence-electron chi connectivity index (χ1n) is 5.01. The molecular weight excluding hydrogens is 249 g/mol. The number of phenols is 1. The molecule has 1 N–H and O–H groups in total. The fraction of sp³-hybridized carbons (Fsp3) is 0.500. The molecule has 2 heteroatoms. The smallest absolute Gasteiger partial charge is 0.00953 e. The van der Waals surface area contributed by atoms with Crippen LogP contribution in [0.2, 0.25) is 0 Å². The molecule has 0 aromatic heterocycles. The first kappa shape index (κ1) is 14.1. The Hall–Kier alpha value is 0.124. The van der Waals surface area contributed by atoms with Gasteiger partial charge in [-0.3, -0.25) is 0 Å². The minimum Gasteiger partial charge on any atom is -0.565 e. The maximum absolute atomic E-state index is 9.82. The minimum atomic E-state index is 0. The molecule has 1 aromatic rings. The van der Waals surface area contributed by atoms with Crippen molar-refractivity contribution >= 4 is 0 Å². The number of hydrogen-bond donors (Lipinski definition) is 1. The van der Waals surface area contributed by atoms with Crippen LogP contribution in [0.1, 0.15) is 37.8 Å². The van der Waals surface area contributed by atoms with Crippen molar-refractivity contribution in [3.8, 4) is 5.75 Å². The molecule has 1 nitrogen and oxygen atoms in total. The zero-order chi connectivity index (χ0) is 9.68. The summed E-state index contributed by atoms with van der Waals surface area (Å²) in [5.74, 6) is 0.464. The molecule has 0 amide bonds. The summed E-state index contributed by atoms with van der Waals surface area (Å²) in [4.78, 5) is 0. The van der Waals surface area contributed by atoms with E-state index in [-0.39, 0.29) is 32.7 Å². The summed E-state index contributed by atoms with van der Waals surface area (Å²) in [5, 5.41) is 9.82. The molecule has 0 spiro atoms. The standard InChI is InChI=1S/C12H17O.Y/c1-3-6-10-8-5-9-11(7-4-2)12(10)13;/h5,8,13H,3-4,6-7H2,1-2H3;/q-1;. The van der Waals surface area contributed by atoms with Crippen molar-refractivity contribution in [1.29, 1.82) is 0 Å². The van der Waals surface area contributed by atoms with Crippen molar-refractivity contribution in [3.63, 3.8) is 0 Å². The maximum atomic E-state index is 9.82. The van der Waals surface area contributed by atoms with E-state index in [1.165, 1.54) is 0 Å². The van der Waals surface area contributed by atoms with Crippen LogP contribution in [-0.2, 0) is 45.6 Å². The molecule has 0 atom stereocenters. The van der Waals surface area contributed by atoms with E-state index >= 15 is 0 Å². The first-order chi connectivity index (χ1) is 6.29. The summed E-state index contributed by atoms with van der Waals surface area (Å²) in [5.41, 5.74) is 2.03. The van der Waals surface area contributed by atoms with Crippen molar-refractivity contribution in [1.82, 2.24) is 0 Å². The van der Waals surface area contributed by atoms with Gasteiger partial charge < -0.3 is 5.11 Å². The van der Waals surface area contributed by atoms with Crippen LogP contribution in [0.5, 0.6) is 5.75 Å². The summed E-state index contributed by atoms with van der Waals surface area (Å²) in [6, 6.07) is 6.96. The Bertz CT molecular complexity index is 247. The monoisotopic (exact) mass is 266 g/mol. The Labute approximate surface area is 112 Å². The van der Waals surface area contributed by atoms with Gasteiger partial charge in [0.2, 0.25) is 0 Å². The van der Waals surface area contributed by atoms with Gasteiger partial charge in [-0.05, 0) is 12.8 Å². The summed E-state index contributed by atoms with van der Waals surface area (Å²) < 4.78 is 0. The Morgan fingerprint density at radius 1 is 1.21 bits per heavy atom. The van der Waals surface area contributed by atoms with E-state index in [0.29, 0.717) is 5.75 Å². The molecule has 0 fully saturated rings. The molecule has 0 aliphatic rings. The molecule has 1 radical (unpaired) electrons. The fourth-order valence-corrected chi connectivity index (χ4v) is 1.50. The van der Waals surface area contributed by atoms with Gasteiger partial charge in [0.05, 0.1) is 0 Å². The summed E-state index contributed by atoms with van der Waals surface area (Å²) in [6.45, 7) is 4.23. The van der Waals surface area contributed by atoms with Crippen molar-refractivity contribution in [2.45, 2.75) is 39.5 Å². The molecule has 75 valence electrons. The van der Waals surface area contributed by atoms with Crippen LogP contribution in [0, 0.1) is 6.07 Å². The van der Waals surface area contributed by atoms with Crippen LogP contribution in [-0.4, -0.2) is 5.11 Å². The van der Waals surface area contributed by atoms with Crippen LogP contribution in [0.25, 0.3) is 0 Å². The number of phenolic OH excluding ortho intramolecular Hbond substituents is 1. The van der Waals surface area contributed by atoms with E-state index in [9.17, 15) is 5.11 Å². The molecule has 0 saturated carbocycles. The summed E-state index contributed by atoms with van der Waals surface area (Å²) in [7, 11) is 0. The second kappa shape index (κ2) is 7.42. The quantitative estimate of drug-likeness (QED) is 0.830. The van der Waals surface area contributed by atoms with Crippen molar-refractivity contribution < 1.29 is 37.8 Å². The Kier molecular flexibility index (Phi) is 7.49. The Balaban J connectivity index is 0.00000169. The van der Waals surface area contributed by atoms with Crippen LogP contribution in [0.4, 0.5) is 0 Å². The normalized spacial score (nSPS) is 9.57. The van der Waals surface area contributed by atoms with Gasteiger partial charge in [-0.15, -0.1) is 11.1 Å². The van der Waals surface area contributed by atoms with E-state index in [0.717, 1.165) is 36.8 Å². The molecular formula is C12H17OY-. The van der Waals surface area contributed by atoms with Crippen molar-refractivity contribution in [2.24, 2.45) is 0 Å². The van der Waals surface area contributed by atoms with Gasteiger partial charge in [0.25, 0.3) is 0 Å². The Morgan fingerprint density at radius 2 is 1.86 bits per heavy atom. The number of rotatable bonds is 4. The van der Waals surface area contributed by atoms with E-state index in [1.54, 1.807) is 0 Å². The zero-order valence-electron chi connectivity index (χ0n) is 9.01. The Morgan fingerprint density at radius 3 is 2.43 bits per heavy atom. The number of aryl methyl sites for hydroxylation is 2. The molecule has 14 heavy (non-hydrogen) atoms. The van der Waals surface area contributed by atoms with E-state index in [1.807, 2.05) is 12.1 Å². The second-order valence-corrected chi connectivity index (χ2v) is 3.33. The van der Waals surface area contributed by atoms with Gasteiger partial charge in [0, 0.05) is 38.5 Å². The number of aromatic hydroxyl groups is 1. The third-order valence-electron chi connectivity index (χ3n) is 2.15. The number of benzene rings is 1. The maximum Gasteiger partial charge on any atom is 0.00953 e. The van der Waals surface area contributed by atoms with Gasteiger partial charge in [-0.1, -0.05) is 26.7 Å². The topological polar surface area (TPSA) is 20.2 Å². The first-order valence-corrected chi connectivity index (χ1v) is 5.01. The van der Waals surface area contributed by atoms with E-state index in [4.69, 9.17) is 0 Å². The third kappa shape index (κ3) is 3.70. The van der Waals surface area contributed by atoms with Crippen LogP contribution in [0.3, 0.4) is 0 Å². The van der Waals surface area contributed by atoms with Gasteiger partial charge in [-0.2, -0.15) is 18.2 Å². The van der Waals surface area contributed by atoms with Gasteiger partial charge >= 0.3 is 0 Å². The molecule has 0 bridgehead atoms. The van der Waals surface area contributed by atoms with E-state index in [2.05, 4.69) is 19.9 Å². The molecule has 0 saturated heterocycles. The van der Waals surface area contributed by atoms with Crippen LogP contribution < -0.4 is 0 Å². The second-order valence-electron chi connectivity index (χ2n) is 3.33. The van der Waals surface area contributed by atoms with Crippen molar-refractivity contribution in [3.05, 3.63) is 29.3 Å². The third-order valence-corrected chi connectivity index (χ3v) is 2.15. The largest absolute Gasteiger partial charge is 0.565 e. The molecule has 0 heterocycles. The average Bonchev–Trinajstić information content (AvgIpc) is 2.13. The van der Waals surface area contributed by atoms with E-state index < -0.39 is 0 Å². The predicted octanol–water partition coefficient (Wildman–Crippen LogP) is 3.09. The molecule has 1 rings (SSSR count). The van der Waals surface area contributed by atoms with Gasteiger partial charge in [0.1, 0.15) is 0 Å². The van der Waals surface area contributed by atoms with Crippen LogP contribution >= 0.6 is 0 Å². The average molecular weight is 266 g/mol. The molecule has 0 aliphatic heterocycles. The van der Waals surface area contributed by atoms with Gasteiger partial charge in [0.15, 0.2) is 0 Å². The molecule has 0 unspecified atom stereocenters. The minimum absolute atomic E-state index is 0. The zero-order valence-corrected chi connectivity index (χ0v) is 11.8. The fourth-order valence-electron chi connectivity index (χ4n) is 1.50. The summed E-state index contributed by atoms with van der Waals surface area (Å²) >= 11 is 0. The molecule has 1 aromatic carbocycles. The van der Waals surface area contributed by atoms with Crippen molar-refractivity contribution in [2.75, 3.05) is 0 Å². The number of hydrogen-bond acceptors (Lipinski definition) is 1.